The summed E-state index contributed by atoms with van der Waals surface area (Å²) in [5, 5.41) is 9.67. The van der Waals surface area contributed by atoms with Crippen LogP contribution >= 0.6 is 0 Å². The van der Waals surface area contributed by atoms with Crippen LogP contribution in [0.25, 0.3) is 24.3 Å². The highest BCUT2D eigenvalue weighted by atomic mass is 16.5. The molecule has 0 spiro atoms. The van der Waals surface area contributed by atoms with E-state index in [-0.39, 0.29) is 6.61 Å². The third kappa shape index (κ3) is 37.1. The Morgan fingerprint density at radius 3 is 0.882 bits per heavy atom. The molecule has 0 aliphatic heterocycles. The fourth-order valence-electron chi connectivity index (χ4n) is 11.2. The van der Waals surface area contributed by atoms with Crippen LogP contribution in [0.3, 0.4) is 0 Å². The Hall–Kier alpha value is -4.52. The van der Waals surface area contributed by atoms with Crippen LogP contribution in [0.1, 0.15) is 323 Å². The van der Waals surface area contributed by atoms with E-state index >= 15 is 0 Å². The number of aliphatic hydroxyl groups excluding tert-OH is 1. The van der Waals surface area contributed by atoms with E-state index in [1.165, 1.54) is 231 Å². The molecule has 0 saturated carbocycles. The van der Waals surface area contributed by atoms with Crippen LogP contribution in [-0.2, 0) is 24.6 Å². The molecule has 4 aromatic carbocycles. The van der Waals surface area contributed by atoms with Crippen molar-refractivity contribution in [1.82, 2.24) is 0 Å². The van der Waals surface area contributed by atoms with Crippen molar-refractivity contribution in [2.75, 3.05) is 26.4 Å². The lowest BCUT2D eigenvalue weighted by atomic mass is 10.0. The first kappa shape index (κ1) is 73.0. The maximum absolute atomic E-state index is 9.67. The molecular weight excluding hydrogens is 1040 g/mol. The first-order valence-corrected chi connectivity index (χ1v) is 35.6. The number of benzene rings is 4. The van der Waals surface area contributed by atoms with E-state index in [1.54, 1.807) is 0 Å². The van der Waals surface area contributed by atoms with E-state index < -0.39 is 0 Å². The Kier molecular flexibility index (Phi) is 44.2. The fraction of sp³-hybridized carbons (Fsp3) is 0.646. The molecule has 0 unspecified atom stereocenters. The average Bonchev–Trinajstić information content (AvgIpc) is 3.54. The van der Waals surface area contributed by atoms with E-state index in [0.717, 1.165) is 101 Å². The van der Waals surface area contributed by atoms with Crippen LogP contribution in [0.15, 0.2) is 78.9 Å². The first-order chi connectivity index (χ1) is 42.0. The van der Waals surface area contributed by atoms with Gasteiger partial charge in [0.25, 0.3) is 0 Å². The van der Waals surface area contributed by atoms with Gasteiger partial charge in [-0.2, -0.15) is 0 Å². The van der Waals surface area contributed by atoms with Gasteiger partial charge in [-0.15, -0.1) is 0 Å². The zero-order valence-corrected chi connectivity index (χ0v) is 55.0. The van der Waals surface area contributed by atoms with Gasteiger partial charge in [0.1, 0.15) is 23.0 Å². The lowest BCUT2D eigenvalue weighted by molar-refractivity contribution is 0.106. The van der Waals surface area contributed by atoms with Crippen molar-refractivity contribution >= 4 is 24.3 Å². The minimum Gasteiger partial charge on any atom is -0.493 e. The van der Waals surface area contributed by atoms with E-state index in [2.05, 4.69) is 119 Å². The SMILES string of the molecule is CCCCCCCCCCCCOc1cc(COCc2ccc(/C=C/c3cc(OCCCCCCCCCCCC)c(/C=C/c4ccc(CO)cc4)cc3OCCCCCCCCCCCC)cc2)cc(OCCCCCCCCCCCC)c1. The molecule has 0 radical (unpaired) electrons. The first-order valence-electron chi connectivity index (χ1n) is 35.6. The predicted octanol–water partition coefficient (Wildman–Crippen LogP) is 24.4. The van der Waals surface area contributed by atoms with Crippen molar-refractivity contribution in [3.8, 4) is 23.0 Å². The number of hydrogen-bond donors (Lipinski definition) is 1. The average molecular weight is 1170 g/mol. The molecule has 85 heavy (non-hydrogen) atoms. The van der Waals surface area contributed by atoms with Gasteiger partial charge in [-0.05, 0) is 77.8 Å². The van der Waals surface area contributed by atoms with Crippen molar-refractivity contribution < 1.29 is 28.8 Å². The molecule has 0 saturated heterocycles. The van der Waals surface area contributed by atoms with Crippen LogP contribution in [-0.4, -0.2) is 31.5 Å². The Labute approximate surface area is 522 Å². The van der Waals surface area contributed by atoms with Gasteiger partial charge in [-0.3, -0.25) is 0 Å². The van der Waals surface area contributed by atoms with E-state index in [4.69, 9.17) is 23.7 Å². The van der Waals surface area contributed by atoms with Crippen LogP contribution < -0.4 is 18.9 Å². The maximum Gasteiger partial charge on any atom is 0.127 e. The predicted molar refractivity (Wildman–Crippen MR) is 367 cm³/mol. The van der Waals surface area contributed by atoms with Gasteiger partial charge in [0.05, 0.1) is 46.2 Å². The molecule has 0 aliphatic carbocycles. The lowest BCUT2D eigenvalue weighted by Gasteiger charge is -2.16. The molecule has 0 atom stereocenters. The van der Waals surface area contributed by atoms with Crippen molar-refractivity contribution in [1.29, 1.82) is 0 Å². The van der Waals surface area contributed by atoms with Gasteiger partial charge in [-0.1, -0.05) is 332 Å². The Balaban J connectivity index is 1.41. The molecular formula is C79H124O6. The largest absolute Gasteiger partial charge is 0.493 e. The summed E-state index contributed by atoms with van der Waals surface area (Å²) in [5.41, 5.74) is 7.33. The van der Waals surface area contributed by atoms with Crippen molar-refractivity contribution in [2.24, 2.45) is 0 Å². The number of unbranched alkanes of at least 4 members (excludes halogenated alkanes) is 36. The number of hydrogen-bond acceptors (Lipinski definition) is 6. The molecule has 1 N–H and O–H groups in total. The molecule has 0 amide bonds. The lowest BCUT2D eigenvalue weighted by Crippen LogP contribution is -2.03. The molecule has 0 aliphatic rings. The van der Waals surface area contributed by atoms with E-state index in [9.17, 15) is 5.11 Å². The summed E-state index contributed by atoms with van der Waals surface area (Å²) in [6.45, 7) is 13.0. The summed E-state index contributed by atoms with van der Waals surface area (Å²) in [6.07, 6.45) is 60.7. The molecule has 6 heteroatoms. The molecule has 0 bridgehead atoms. The third-order valence-corrected chi connectivity index (χ3v) is 16.7. The Morgan fingerprint density at radius 2 is 0.565 bits per heavy atom. The monoisotopic (exact) mass is 1170 g/mol. The van der Waals surface area contributed by atoms with E-state index in [0.29, 0.717) is 26.4 Å². The Bertz CT molecular complexity index is 2180. The van der Waals surface area contributed by atoms with Gasteiger partial charge in [-0.25, -0.2) is 0 Å². The van der Waals surface area contributed by atoms with Crippen LogP contribution in [0.4, 0.5) is 0 Å². The van der Waals surface area contributed by atoms with Gasteiger partial charge in [0, 0.05) is 17.2 Å². The van der Waals surface area contributed by atoms with Gasteiger partial charge < -0.3 is 28.8 Å². The van der Waals surface area contributed by atoms with E-state index in [1.807, 2.05) is 12.1 Å². The zero-order valence-electron chi connectivity index (χ0n) is 55.0. The Morgan fingerprint density at radius 1 is 0.282 bits per heavy atom. The highest BCUT2D eigenvalue weighted by Gasteiger charge is 2.12. The van der Waals surface area contributed by atoms with Crippen LogP contribution in [0.5, 0.6) is 23.0 Å². The van der Waals surface area contributed by atoms with Gasteiger partial charge in [0.15, 0.2) is 0 Å². The van der Waals surface area contributed by atoms with Crippen molar-refractivity contribution in [3.05, 3.63) is 118 Å². The van der Waals surface area contributed by atoms with Crippen molar-refractivity contribution in [3.63, 3.8) is 0 Å². The molecule has 4 rings (SSSR count). The highest BCUT2D eigenvalue weighted by Crippen LogP contribution is 2.34. The minimum absolute atomic E-state index is 0.0382. The molecule has 0 fully saturated rings. The summed E-state index contributed by atoms with van der Waals surface area (Å²) in [5.74, 6) is 3.50. The second kappa shape index (κ2) is 51.5. The summed E-state index contributed by atoms with van der Waals surface area (Å²) in [7, 11) is 0. The smallest absolute Gasteiger partial charge is 0.127 e. The van der Waals surface area contributed by atoms with Crippen LogP contribution in [0.2, 0.25) is 0 Å². The summed E-state index contributed by atoms with van der Waals surface area (Å²) in [4.78, 5) is 0. The summed E-state index contributed by atoms with van der Waals surface area (Å²) >= 11 is 0. The molecule has 476 valence electrons. The summed E-state index contributed by atoms with van der Waals surface area (Å²) < 4.78 is 32.6. The summed E-state index contributed by atoms with van der Waals surface area (Å²) in [6, 6.07) is 27.5. The van der Waals surface area contributed by atoms with Gasteiger partial charge >= 0.3 is 0 Å². The van der Waals surface area contributed by atoms with Crippen LogP contribution in [0, 0.1) is 0 Å². The number of ether oxygens (including phenoxy) is 5. The molecule has 6 nitrogen and oxygen atoms in total. The minimum atomic E-state index is 0.0382. The second-order valence-electron chi connectivity index (χ2n) is 24.7. The molecule has 0 aromatic heterocycles. The topological polar surface area (TPSA) is 66.4 Å². The van der Waals surface area contributed by atoms with Gasteiger partial charge in [0.2, 0.25) is 0 Å². The zero-order chi connectivity index (χ0) is 60.1. The molecule has 4 aromatic rings. The standard InChI is InChI=1S/C79H124O6/c1-5-9-13-17-21-25-29-33-37-41-57-82-76-61-73(62-77(65-76)83-58-42-38-34-30-26-22-18-14-10-6-2)68-81-67-72-51-47-70(48-52-72)54-56-75-64-78(84-59-43-39-35-31-27-23-19-15-11-7-3)74(55-53-69-45-49-71(66-80)50-46-69)63-79(75)85-60-44-40-36-32-28-24-20-16-12-8-4/h45-56,61-65,80H,5-44,57-60,66-68H2,1-4H3/b55-53+,56-54+. The quantitative estimate of drug-likeness (QED) is 0.0351. The highest BCUT2D eigenvalue weighted by molar-refractivity contribution is 5.79. The number of rotatable bonds is 57. The van der Waals surface area contributed by atoms with Crippen molar-refractivity contribution in [2.45, 2.75) is 304 Å². The fourth-order valence-corrected chi connectivity index (χ4v) is 11.2. The second-order valence-corrected chi connectivity index (χ2v) is 24.7. The molecule has 0 heterocycles. The third-order valence-electron chi connectivity index (χ3n) is 16.7. The number of aliphatic hydroxyl groups is 1. The maximum atomic E-state index is 9.67. The normalized spacial score (nSPS) is 11.6.